The molecule has 1 unspecified atom stereocenters. The van der Waals surface area contributed by atoms with Crippen molar-refractivity contribution in [2.75, 3.05) is 0 Å². The first-order chi connectivity index (χ1) is 15.2. The van der Waals surface area contributed by atoms with Gasteiger partial charge in [-0.25, -0.2) is 0 Å². The van der Waals surface area contributed by atoms with Gasteiger partial charge in [0.2, 0.25) is 0 Å². The standard InChI is InChI=1S/C31H44/c1-4-23(3)22-25-8-12-27(13-9-25)29-16-20-31(21-17-29)30-18-14-28(15-19-30)26-10-6-24(5-2)7-11-26/h14-21,23-27H,4-13,22H2,1-3H3/t23?,24-,25-,26-,27-. The number of benzene rings is 2. The van der Waals surface area contributed by atoms with Crippen LogP contribution in [0.4, 0.5) is 0 Å². The SMILES string of the molecule is CCC(C)C[C@H]1CC[C@H](c2ccc(-c3ccc([C@H]4CC[C@H](CC)CC4)cc3)cc2)CC1. The summed E-state index contributed by atoms with van der Waals surface area (Å²) in [6.07, 6.45) is 15.4. The molecule has 2 aliphatic rings. The highest BCUT2D eigenvalue weighted by Gasteiger charge is 2.24. The Kier molecular flexibility index (Phi) is 7.91. The van der Waals surface area contributed by atoms with Gasteiger partial charge in [-0.3, -0.25) is 0 Å². The van der Waals surface area contributed by atoms with Gasteiger partial charge in [0.25, 0.3) is 0 Å². The lowest BCUT2D eigenvalue weighted by Crippen LogP contribution is -2.15. The first-order valence-corrected chi connectivity index (χ1v) is 13.4. The molecule has 31 heavy (non-hydrogen) atoms. The summed E-state index contributed by atoms with van der Waals surface area (Å²) in [5.41, 5.74) is 5.87. The van der Waals surface area contributed by atoms with Gasteiger partial charge in [-0.15, -0.1) is 0 Å². The fourth-order valence-electron chi connectivity index (χ4n) is 6.27. The van der Waals surface area contributed by atoms with Crippen molar-refractivity contribution in [3.63, 3.8) is 0 Å². The van der Waals surface area contributed by atoms with Crippen LogP contribution in [-0.4, -0.2) is 0 Å². The highest BCUT2D eigenvalue weighted by Crippen LogP contribution is 2.40. The maximum Gasteiger partial charge on any atom is -0.0162 e. The van der Waals surface area contributed by atoms with Crippen LogP contribution in [0.2, 0.25) is 0 Å². The van der Waals surface area contributed by atoms with E-state index in [0.717, 1.165) is 29.6 Å². The molecule has 0 aliphatic heterocycles. The number of hydrogen-bond donors (Lipinski definition) is 0. The smallest absolute Gasteiger partial charge is 0.0162 e. The van der Waals surface area contributed by atoms with Crippen LogP contribution in [-0.2, 0) is 0 Å². The average molecular weight is 417 g/mol. The molecule has 0 saturated heterocycles. The zero-order chi connectivity index (χ0) is 21.6. The summed E-state index contributed by atoms with van der Waals surface area (Å²) in [5, 5.41) is 0. The van der Waals surface area contributed by atoms with E-state index in [2.05, 4.69) is 69.3 Å². The lowest BCUT2D eigenvalue weighted by Gasteiger charge is -2.30. The van der Waals surface area contributed by atoms with Crippen molar-refractivity contribution >= 4 is 0 Å². The van der Waals surface area contributed by atoms with Gasteiger partial charge < -0.3 is 0 Å². The van der Waals surface area contributed by atoms with E-state index < -0.39 is 0 Å². The van der Waals surface area contributed by atoms with Gasteiger partial charge in [-0.05, 0) is 110 Å². The van der Waals surface area contributed by atoms with E-state index in [0.29, 0.717) is 0 Å². The third-order valence-corrected chi connectivity index (χ3v) is 8.80. The Labute approximate surface area is 191 Å². The first kappa shape index (κ1) is 22.6. The van der Waals surface area contributed by atoms with E-state index in [1.54, 1.807) is 11.1 Å². The topological polar surface area (TPSA) is 0 Å². The zero-order valence-electron chi connectivity index (χ0n) is 20.3. The second-order valence-corrected chi connectivity index (χ2v) is 10.8. The minimum absolute atomic E-state index is 0.780. The van der Waals surface area contributed by atoms with Crippen molar-refractivity contribution in [1.82, 2.24) is 0 Å². The number of rotatable bonds is 7. The van der Waals surface area contributed by atoms with Gasteiger partial charge in [0.15, 0.2) is 0 Å². The highest BCUT2D eigenvalue weighted by atomic mass is 14.3. The van der Waals surface area contributed by atoms with Crippen LogP contribution < -0.4 is 0 Å². The Bertz CT molecular complexity index is 768. The molecule has 0 heterocycles. The van der Waals surface area contributed by atoms with Crippen LogP contribution in [0.5, 0.6) is 0 Å². The Hall–Kier alpha value is -1.56. The van der Waals surface area contributed by atoms with Gasteiger partial charge >= 0.3 is 0 Å². The zero-order valence-corrected chi connectivity index (χ0v) is 20.3. The molecule has 2 aromatic rings. The summed E-state index contributed by atoms with van der Waals surface area (Å²) in [6.45, 7) is 7.11. The molecule has 0 spiro atoms. The van der Waals surface area contributed by atoms with Crippen LogP contribution in [0.1, 0.15) is 114 Å². The summed E-state index contributed by atoms with van der Waals surface area (Å²) in [6, 6.07) is 19.1. The monoisotopic (exact) mass is 416 g/mol. The molecule has 0 amide bonds. The molecule has 2 saturated carbocycles. The Balaban J connectivity index is 1.32. The summed E-state index contributed by atoms with van der Waals surface area (Å²) < 4.78 is 0. The second kappa shape index (κ2) is 10.8. The molecule has 0 nitrogen and oxygen atoms in total. The van der Waals surface area contributed by atoms with Crippen LogP contribution in [0.3, 0.4) is 0 Å². The lowest BCUT2D eigenvalue weighted by atomic mass is 9.75. The Morgan fingerprint density at radius 3 is 1.42 bits per heavy atom. The van der Waals surface area contributed by atoms with E-state index in [1.807, 2.05) is 0 Å². The summed E-state index contributed by atoms with van der Waals surface area (Å²) in [7, 11) is 0. The summed E-state index contributed by atoms with van der Waals surface area (Å²) in [5.74, 6) is 4.42. The molecule has 0 bridgehead atoms. The fourth-order valence-corrected chi connectivity index (χ4v) is 6.27. The molecule has 2 aromatic carbocycles. The normalized spacial score (nSPS) is 27.7. The maximum atomic E-state index is 2.42. The molecule has 4 rings (SSSR count). The number of hydrogen-bond acceptors (Lipinski definition) is 0. The van der Waals surface area contributed by atoms with Gasteiger partial charge in [0, 0.05) is 0 Å². The summed E-state index contributed by atoms with van der Waals surface area (Å²) in [4.78, 5) is 0. The second-order valence-electron chi connectivity index (χ2n) is 10.8. The molecule has 0 heteroatoms. The Morgan fingerprint density at radius 2 is 1.03 bits per heavy atom. The minimum atomic E-state index is 0.780. The van der Waals surface area contributed by atoms with Gasteiger partial charge in [-0.2, -0.15) is 0 Å². The third-order valence-electron chi connectivity index (χ3n) is 8.80. The van der Waals surface area contributed by atoms with Gasteiger partial charge in [0.05, 0.1) is 0 Å². The maximum absolute atomic E-state index is 2.42. The van der Waals surface area contributed by atoms with Gasteiger partial charge in [-0.1, -0.05) is 82.1 Å². The van der Waals surface area contributed by atoms with Crippen LogP contribution in [0.25, 0.3) is 11.1 Å². The van der Waals surface area contributed by atoms with E-state index in [9.17, 15) is 0 Å². The van der Waals surface area contributed by atoms with Crippen LogP contribution in [0, 0.1) is 17.8 Å². The average Bonchev–Trinajstić information content (AvgIpc) is 2.85. The van der Waals surface area contributed by atoms with Crippen molar-refractivity contribution in [3.8, 4) is 11.1 Å². The predicted molar refractivity (Wildman–Crippen MR) is 136 cm³/mol. The summed E-state index contributed by atoms with van der Waals surface area (Å²) >= 11 is 0. The van der Waals surface area contributed by atoms with Gasteiger partial charge in [0.1, 0.15) is 0 Å². The van der Waals surface area contributed by atoms with Crippen molar-refractivity contribution in [2.24, 2.45) is 17.8 Å². The van der Waals surface area contributed by atoms with E-state index in [-0.39, 0.29) is 0 Å². The molecule has 0 radical (unpaired) electrons. The molecule has 168 valence electrons. The van der Waals surface area contributed by atoms with Crippen LogP contribution >= 0.6 is 0 Å². The lowest BCUT2D eigenvalue weighted by molar-refractivity contribution is 0.273. The minimum Gasteiger partial charge on any atom is -0.0651 e. The largest absolute Gasteiger partial charge is 0.0651 e. The molecule has 2 fully saturated rings. The molecule has 0 N–H and O–H groups in total. The van der Waals surface area contributed by atoms with Crippen molar-refractivity contribution in [1.29, 1.82) is 0 Å². The first-order valence-electron chi connectivity index (χ1n) is 13.4. The molecule has 1 atom stereocenters. The van der Waals surface area contributed by atoms with E-state index in [4.69, 9.17) is 0 Å². The van der Waals surface area contributed by atoms with Crippen molar-refractivity contribution < 1.29 is 0 Å². The highest BCUT2D eigenvalue weighted by molar-refractivity contribution is 5.64. The molecular formula is C31H44. The molecular weight excluding hydrogens is 372 g/mol. The quantitative estimate of drug-likeness (QED) is 0.421. The van der Waals surface area contributed by atoms with Crippen molar-refractivity contribution in [3.05, 3.63) is 59.7 Å². The van der Waals surface area contributed by atoms with E-state index in [1.165, 1.54) is 81.8 Å². The Morgan fingerprint density at radius 1 is 0.613 bits per heavy atom. The van der Waals surface area contributed by atoms with Crippen molar-refractivity contribution in [2.45, 2.75) is 103 Å². The third kappa shape index (κ3) is 5.82. The molecule has 0 aromatic heterocycles. The van der Waals surface area contributed by atoms with Crippen LogP contribution in [0.15, 0.2) is 48.5 Å². The van der Waals surface area contributed by atoms with E-state index >= 15 is 0 Å². The predicted octanol–water partition coefficient (Wildman–Crippen LogP) is 9.75. The fraction of sp³-hybridized carbons (Fsp3) is 0.613. The molecule has 2 aliphatic carbocycles.